The molecule has 3 aromatic rings. The first-order valence-corrected chi connectivity index (χ1v) is 10.2. The number of nitrogens with zero attached hydrogens (tertiary/aromatic N) is 5. The van der Waals surface area contributed by atoms with Crippen LogP contribution in [-0.4, -0.2) is 56.9 Å². The number of aromatic amines is 1. The van der Waals surface area contributed by atoms with Crippen molar-refractivity contribution in [2.24, 2.45) is 5.92 Å². The molecule has 0 atom stereocenters. The van der Waals surface area contributed by atoms with Gasteiger partial charge in [0.15, 0.2) is 17.3 Å². The highest BCUT2D eigenvalue weighted by molar-refractivity contribution is 5.81. The molecule has 1 aromatic carbocycles. The van der Waals surface area contributed by atoms with Crippen molar-refractivity contribution in [1.82, 2.24) is 24.8 Å². The Bertz CT molecular complexity index is 981. The molecule has 156 valence electrons. The number of nitrogens with two attached hydrogens (primary N) is 1. The van der Waals surface area contributed by atoms with E-state index in [1.54, 1.807) is 6.20 Å². The lowest BCUT2D eigenvalue weighted by Crippen LogP contribution is -2.50. The number of piperazine rings is 1. The van der Waals surface area contributed by atoms with Gasteiger partial charge in [0.2, 0.25) is 5.91 Å². The second-order valence-electron chi connectivity index (χ2n) is 7.39. The third-order valence-electron chi connectivity index (χ3n) is 5.65. The molecule has 0 saturated carbocycles. The van der Waals surface area contributed by atoms with E-state index in [4.69, 9.17) is 10.7 Å². The first kappa shape index (κ1) is 19.2. The van der Waals surface area contributed by atoms with E-state index in [2.05, 4.69) is 33.7 Å². The molecule has 2 aromatic heterocycles. The Labute approximate surface area is 173 Å². The summed E-state index contributed by atoms with van der Waals surface area (Å²) in [4.78, 5) is 33.7. The van der Waals surface area contributed by atoms with E-state index in [1.165, 1.54) is 0 Å². The highest BCUT2D eigenvalue weighted by Gasteiger charge is 2.26. The van der Waals surface area contributed by atoms with Gasteiger partial charge in [0.25, 0.3) is 0 Å². The molecular formula is C21H31N7O. The molecule has 0 unspecified atom stereocenters. The third-order valence-corrected chi connectivity index (χ3v) is 5.65. The predicted octanol–water partition coefficient (Wildman–Crippen LogP) is 3.18. The van der Waals surface area contributed by atoms with Crippen LogP contribution in [0.2, 0.25) is 0 Å². The van der Waals surface area contributed by atoms with E-state index in [1.807, 2.05) is 29.2 Å². The Kier molecular flexibility index (Phi) is 5.33. The lowest BCUT2D eigenvalue weighted by atomic mass is 10.0. The van der Waals surface area contributed by atoms with Crippen molar-refractivity contribution in [3.8, 4) is 11.5 Å². The van der Waals surface area contributed by atoms with Gasteiger partial charge in [-0.15, -0.1) is 0 Å². The fourth-order valence-electron chi connectivity index (χ4n) is 3.83. The largest absolute Gasteiger partial charge is 0.382 e. The van der Waals surface area contributed by atoms with Gasteiger partial charge in [-0.25, -0.2) is 15.0 Å². The number of fused-ring (bicyclic) bond motifs is 1. The summed E-state index contributed by atoms with van der Waals surface area (Å²) in [5, 5.41) is 0. The highest BCUT2D eigenvalue weighted by atomic mass is 16.2. The number of aromatic nitrogens is 4. The molecular weight excluding hydrogens is 366 g/mol. The molecule has 1 amide bonds. The minimum atomic E-state index is 0. The Morgan fingerprint density at radius 3 is 2.59 bits per heavy atom. The van der Waals surface area contributed by atoms with Crippen LogP contribution in [0.1, 0.15) is 29.5 Å². The fourth-order valence-corrected chi connectivity index (χ4v) is 3.83. The maximum atomic E-state index is 12.6. The van der Waals surface area contributed by atoms with E-state index in [-0.39, 0.29) is 14.7 Å². The number of para-hydroxylation sites is 2. The fraction of sp³-hybridized carbons (Fsp3) is 0.429. The van der Waals surface area contributed by atoms with E-state index < -0.39 is 0 Å². The number of nitrogens with one attached hydrogen (secondary N) is 1. The summed E-state index contributed by atoms with van der Waals surface area (Å²) in [6.45, 7) is 6.99. The molecule has 0 bridgehead atoms. The molecule has 1 aliphatic heterocycles. The second kappa shape index (κ2) is 8.06. The average Bonchev–Trinajstić information content (AvgIpc) is 3.19. The van der Waals surface area contributed by atoms with Gasteiger partial charge < -0.3 is 20.5 Å². The first-order valence-electron chi connectivity index (χ1n) is 10.2. The summed E-state index contributed by atoms with van der Waals surface area (Å²) in [7, 11) is 0. The molecule has 1 fully saturated rings. The van der Waals surface area contributed by atoms with Gasteiger partial charge in [0.1, 0.15) is 5.82 Å². The van der Waals surface area contributed by atoms with Crippen LogP contribution in [0.3, 0.4) is 0 Å². The van der Waals surface area contributed by atoms with Crippen molar-refractivity contribution in [2.45, 2.75) is 26.7 Å². The van der Waals surface area contributed by atoms with Gasteiger partial charge in [0, 0.05) is 35.0 Å². The van der Waals surface area contributed by atoms with Crippen molar-refractivity contribution in [1.29, 1.82) is 0 Å². The number of hydrogen-bond donors (Lipinski definition) is 2. The minimum absolute atomic E-state index is 0. The summed E-state index contributed by atoms with van der Waals surface area (Å²) in [5.41, 5.74) is 8.44. The molecule has 0 spiro atoms. The van der Waals surface area contributed by atoms with Crippen LogP contribution >= 0.6 is 0 Å². The number of carbonyl (C=O) groups is 1. The number of benzene rings is 1. The lowest BCUT2D eigenvalue weighted by molar-refractivity contribution is -0.136. The number of nitrogen functional groups attached to an aromatic ring is 1. The van der Waals surface area contributed by atoms with Crippen molar-refractivity contribution in [3.63, 3.8) is 0 Å². The van der Waals surface area contributed by atoms with Gasteiger partial charge in [-0.2, -0.15) is 0 Å². The summed E-state index contributed by atoms with van der Waals surface area (Å²) in [5.74, 6) is 2.10. The van der Waals surface area contributed by atoms with Crippen molar-refractivity contribution >= 4 is 28.6 Å². The lowest BCUT2D eigenvalue weighted by Gasteiger charge is -2.36. The molecule has 29 heavy (non-hydrogen) atoms. The molecule has 8 heteroatoms. The zero-order valence-electron chi connectivity index (χ0n) is 16.9. The van der Waals surface area contributed by atoms with Crippen molar-refractivity contribution in [2.75, 3.05) is 36.8 Å². The van der Waals surface area contributed by atoms with Crippen LogP contribution in [0.5, 0.6) is 0 Å². The standard InChI is InChI=1S/C21H27N7O.2H2/c1-3-14(4-2)21(29)28-11-9-27(10-12-28)17-13-23-19(22)18(26-17)20-24-15-7-5-6-8-16(15)25-20;;/h5-8,13-14H,3-4,9-12H2,1-2H3,(H2,22,23)(H,24,25);2*1H. The third kappa shape index (κ3) is 3.74. The number of H-pyrrole nitrogens is 1. The van der Waals surface area contributed by atoms with Gasteiger partial charge >= 0.3 is 0 Å². The van der Waals surface area contributed by atoms with Crippen LogP contribution < -0.4 is 10.6 Å². The topological polar surface area (TPSA) is 104 Å². The Morgan fingerprint density at radius 1 is 1.17 bits per heavy atom. The first-order chi connectivity index (χ1) is 14.1. The van der Waals surface area contributed by atoms with Gasteiger partial charge in [0.05, 0.1) is 17.2 Å². The van der Waals surface area contributed by atoms with E-state index in [0.29, 0.717) is 30.4 Å². The summed E-state index contributed by atoms with van der Waals surface area (Å²) in [6.07, 6.45) is 3.47. The SMILES string of the molecule is CCC(CC)C(=O)N1CCN(c2cnc(N)c(-c3nc4ccccc4[nH]3)n2)CC1.[HH].[HH]. The average molecular weight is 398 g/mol. The molecule has 1 aliphatic rings. The van der Waals surface area contributed by atoms with Crippen LogP contribution in [0.15, 0.2) is 30.5 Å². The zero-order valence-corrected chi connectivity index (χ0v) is 16.9. The van der Waals surface area contributed by atoms with Crippen molar-refractivity contribution < 1.29 is 7.65 Å². The smallest absolute Gasteiger partial charge is 0.225 e. The van der Waals surface area contributed by atoms with E-state index in [0.717, 1.165) is 42.8 Å². The number of amides is 1. The number of hydrogen-bond acceptors (Lipinski definition) is 6. The van der Waals surface area contributed by atoms with Gasteiger partial charge in [-0.05, 0) is 25.0 Å². The summed E-state index contributed by atoms with van der Waals surface area (Å²) in [6, 6.07) is 7.81. The quantitative estimate of drug-likeness (QED) is 0.685. The number of rotatable bonds is 5. The number of imidazole rings is 1. The number of anilines is 2. The molecule has 0 aliphatic carbocycles. The molecule has 3 N–H and O–H groups in total. The van der Waals surface area contributed by atoms with Crippen molar-refractivity contribution in [3.05, 3.63) is 30.5 Å². The summed E-state index contributed by atoms with van der Waals surface area (Å²) < 4.78 is 0. The van der Waals surface area contributed by atoms with Crippen LogP contribution in [0.25, 0.3) is 22.6 Å². The second-order valence-corrected chi connectivity index (χ2v) is 7.39. The zero-order chi connectivity index (χ0) is 20.4. The maximum Gasteiger partial charge on any atom is 0.225 e. The van der Waals surface area contributed by atoms with Gasteiger partial charge in [-0.3, -0.25) is 4.79 Å². The normalized spacial score (nSPS) is 14.7. The van der Waals surface area contributed by atoms with Crippen LogP contribution in [-0.2, 0) is 4.79 Å². The number of carbonyl (C=O) groups excluding carboxylic acids is 1. The van der Waals surface area contributed by atoms with E-state index >= 15 is 0 Å². The maximum absolute atomic E-state index is 12.6. The monoisotopic (exact) mass is 397 g/mol. The molecule has 4 rings (SSSR count). The Hall–Kier alpha value is -3.16. The van der Waals surface area contributed by atoms with Gasteiger partial charge in [-0.1, -0.05) is 26.0 Å². The molecule has 0 radical (unpaired) electrons. The van der Waals surface area contributed by atoms with E-state index in [9.17, 15) is 4.79 Å². The predicted molar refractivity (Wildman–Crippen MR) is 119 cm³/mol. The van der Waals surface area contributed by atoms with Crippen LogP contribution in [0.4, 0.5) is 11.6 Å². The minimum Gasteiger partial charge on any atom is -0.382 e. The highest BCUT2D eigenvalue weighted by Crippen LogP contribution is 2.25. The molecule has 1 saturated heterocycles. The Morgan fingerprint density at radius 2 is 1.90 bits per heavy atom. The molecule has 8 nitrogen and oxygen atoms in total. The summed E-state index contributed by atoms with van der Waals surface area (Å²) >= 11 is 0. The molecule has 3 heterocycles. The van der Waals surface area contributed by atoms with Crippen LogP contribution in [0, 0.1) is 5.92 Å². The Balaban J connectivity index is 0.00000171.